The monoisotopic (exact) mass is 243 g/mol. The van der Waals surface area contributed by atoms with Crippen molar-refractivity contribution in [2.24, 2.45) is 5.92 Å². The molecule has 16 heavy (non-hydrogen) atoms. The zero-order chi connectivity index (χ0) is 12.5. The second kappa shape index (κ2) is 5.21. The van der Waals surface area contributed by atoms with Gasteiger partial charge in [0.05, 0.1) is 5.25 Å². The predicted molar refractivity (Wildman–Crippen MR) is 67.3 cm³/mol. The highest BCUT2D eigenvalue weighted by atomic mass is 32.2. The van der Waals surface area contributed by atoms with E-state index in [9.17, 15) is 9.59 Å². The minimum Gasteiger partial charge on any atom is -0.279 e. The number of amides is 2. The molecule has 1 aliphatic rings. The summed E-state index contributed by atoms with van der Waals surface area (Å²) in [6, 6.07) is -0.0139. The number of imide groups is 1. The fourth-order valence-electron chi connectivity index (χ4n) is 1.69. The Morgan fingerprint density at radius 3 is 2.12 bits per heavy atom. The lowest BCUT2D eigenvalue weighted by molar-refractivity contribution is -0.140. The van der Waals surface area contributed by atoms with Crippen LogP contribution < -0.4 is 0 Å². The van der Waals surface area contributed by atoms with Crippen LogP contribution in [0.5, 0.6) is 0 Å². The first-order chi connectivity index (χ1) is 7.34. The summed E-state index contributed by atoms with van der Waals surface area (Å²) in [5.74, 6) is 0.506. The Morgan fingerprint density at radius 1 is 1.19 bits per heavy atom. The topological polar surface area (TPSA) is 37.4 Å². The van der Waals surface area contributed by atoms with Crippen LogP contribution in [0.15, 0.2) is 0 Å². The minimum absolute atomic E-state index is 0.00231. The average molecular weight is 243 g/mol. The maximum atomic E-state index is 12.0. The number of thioether (sulfide) groups is 1. The van der Waals surface area contributed by atoms with Gasteiger partial charge in [-0.05, 0) is 19.8 Å². The normalized spacial score (nSPS) is 23.7. The van der Waals surface area contributed by atoms with E-state index in [-0.39, 0.29) is 23.1 Å². The molecule has 1 fully saturated rings. The van der Waals surface area contributed by atoms with Crippen LogP contribution in [-0.4, -0.2) is 33.3 Å². The van der Waals surface area contributed by atoms with Gasteiger partial charge in [0.15, 0.2) is 0 Å². The summed E-state index contributed by atoms with van der Waals surface area (Å²) in [6.07, 6.45) is 0.374. The maximum absolute atomic E-state index is 12.0. The van der Waals surface area contributed by atoms with Crippen LogP contribution in [-0.2, 0) is 9.59 Å². The number of hydrogen-bond acceptors (Lipinski definition) is 3. The van der Waals surface area contributed by atoms with E-state index in [2.05, 4.69) is 20.8 Å². The molecule has 0 N–H and O–H groups in total. The Kier molecular flexibility index (Phi) is 4.42. The summed E-state index contributed by atoms with van der Waals surface area (Å²) in [5.41, 5.74) is 0. The highest BCUT2D eigenvalue weighted by Gasteiger charge is 2.40. The lowest BCUT2D eigenvalue weighted by atomic mass is 10.2. The van der Waals surface area contributed by atoms with Crippen molar-refractivity contribution >= 4 is 23.6 Å². The average Bonchev–Trinajstić information content (AvgIpc) is 2.41. The summed E-state index contributed by atoms with van der Waals surface area (Å²) in [5, 5.41) is 0.251. The Hall–Kier alpha value is -0.510. The number of carbonyl (C=O) groups is 2. The molecule has 4 heteroatoms. The van der Waals surface area contributed by atoms with Crippen LogP contribution in [0.3, 0.4) is 0 Å². The summed E-state index contributed by atoms with van der Waals surface area (Å²) < 4.78 is 0. The summed E-state index contributed by atoms with van der Waals surface area (Å²) in [6.45, 7) is 10.2. The van der Waals surface area contributed by atoms with Crippen molar-refractivity contribution in [2.45, 2.75) is 57.6 Å². The molecule has 0 saturated carbocycles. The van der Waals surface area contributed by atoms with E-state index < -0.39 is 0 Å². The summed E-state index contributed by atoms with van der Waals surface area (Å²) in [7, 11) is 0. The van der Waals surface area contributed by atoms with Gasteiger partial charge in [-0.3, -0.25) is 14.5 Å². The first-order valence-electron chi connectivity index (χ1n) is 5.86. The van der Waals surface area contributed by atoms with Crippen LogP contribution in [0.25, 0.3) is 0 Å². The van der Waals surface area contributed by atoms with Crippen LogP contribution in [0.4, 0.5) is 0 Å². The van der Waals surface area contributed by atoms with E-state index in [0.29, 0.717) is 17.6 Å². The molecule has 1 saturated heterocycles. The zero-order valence-electron chi connectivity index (χ0n) is 10.7. The van der Waals surface area contributed by atoms with Gasteiger partial charge in [-0.2, -0.15) is 0 Å². The molecule has 1 aliphatic heterocycles. The Morgan fingerprint density at radius 2 is 1.75 bits per heavy atom. The van der Waals surface area contributed by atoms with Crippen LogP contribution in [0.1, 0.15) is 41.0 Å². The largest absolute Gasteiger partial charge is 0.279 e. The van der Waals surface area contributed by atoms with Crippen molar-refractivity contribution in [2.75, 3.05) is 0 Å². The molecule has 1 rings (SSSR count). The first-order valence-corrected chi connectivity index (χ1v) is 6.80. The highest BCUT2D eigenvalue weighted by molar-refractivity contribution is 8.01. The number of carbonyl (C=O) groups excluding carboxylic acids is 2. The lowest BCUT2D eigenvalue weighted by Gasteiger charge is -2.21. The molecule has 92 valence electrons. The highest BCUT2D eigenvalue weighted by Crippen LogP contribution is 2.32. The van der Waals surface area contributed by atoms with Gasteiger partial charge in [0, 0.05) is 17.7 Å². The van der Waals surface area contributed by atoms with Gasteiger partial charge in [-0.1, -0.05) is 20.8 Å². The quantitative estimate of drug-likeness (QED) is 0.711. The van der Waals surface area contributed by atoms with Crippen LogP contribution in [0.2, 0.25) is 0 Å². The van der Waals surface area contributed by atoms with Gasteiger partial charge in [0.25, 0.3) is 0 Å². The van der Waals surface area contributed by atoms with Gasteiger partial charge < -0.3 is 0 Å². The van der Waals surface area contributed by atoms with Gasteiger partial charge >= 0.3 is 0 Å². The third-order valence-electron chi connectivity index (χ3n) is 2.98. The SMILES string of the molecule is CC(C)[C@@H](C)SC1CC(=O)N(C(C)C)C1=O. The Bertz CT molecular complexity index is 289. The van der Waals surface area contributed by atoms with Gasteiger partial charge in [0.1, 0.15) is 0 Å². The van der Waals surface area contributed by atoms with Gasteiger partial charge in [-0.15, -0.1) is 11.8 Å². The molecule has 0 aliphatic carbocycles. The minimum atomic E-state index is -0.160. The van der Waals surface area contributed by atoms with Crippen molar-refractivity contribution < 1.29 is 9.59 Å². The molecular weight excluding hydrogens is 222 g/mol. The Balaban J connectivity index is 2.66. The fourth-order valence-corrected chi connectivity index (χ4v) is 2.99. The molecule has 0 aromatic heterocycles. The number of nitrogens with zero attached hydrogens (tertiary/aromatic N) is 1. The van der Waals surface area contributed by atoms with Crippen molar-refractivity contribution in [3.05, 3.63) is 0 Å². The molecule has 1 heterocycles. The van der Waals surface area contributed by atoms with Crippen LogP contribution in [0, 0.1) is 5.92 Å². The van der Waals surface area contributed by atoms with E-state index in [1.165, 1.54) is 4.90 Å². The van der Waals surface area contributed by atoms with Gasteiger partial charge in [0.2, 0.25) is 11.8 Å². The van der Waals surface area contributed by atoms with Crippen LogP contribution >= 0.6 is 11.8 Å². The molecule has 0 aromatic rings. The summed E-state index contributed by atoms with van der Waals surface area (Å²) >= 11 is 1.64. The zero-order valence-corrected chi connectivity index (χ0v) is 11.5. The van der Waals surface area contributed by atoms with Gasteiger partial charge in [-0.25, -0.2) is 0 Å². The number of likely N-dealkylation sites (tertiary alicyclic amines) is 1. The second-order valence-corrected chi connectivity index (χ2v) is 6.56. The molecule has 0 spiro atoms. The molecule has 0 bridgehead atoms. The van der Waals surface area contributed by atoms with Crippen molar-refractivity contribution in [3.8, 4) is 0 Å². The predicted octanol–water partition coefficient (Wildman–Crippen LogP) is 2.30. The molecule has 3 nitrogen and oxygen atoms in total. The van der Waals surface area contributed by atoms with E-state index in [0.717, 1.165) is 0 Å². The maximum Gasteiger partial charge on any atom is 0.243 e. The molecule has 2 atom stereocenters. The number of hydrogen-bond donors (Lipinski definition) is 0. The fraction of sp³-hybridized carbons (Fsp3) is 0.833. The van der Waals surface area contributed by atoms with E-state index in [1.54, 1.807) is 11.8 Å². The number of rotatable bonds is 4. The van der Waals surface area contributed by atoms with Crippen molar-refractivity contribution in [1.82, 2.24) is 4.90 Å². The molecule has 0 radical (unpaired) electrons. The smallest absolute Gasteiger partial charge is 0.243 e. The Labute approximate surface area is 102 Å². The molecule has 1 unspecified atom stereocenters. The van der Waals surface area contributed by atoms with E-state index in [4.69, 9.17) is 0 Å². The van der Waals surface area contributed by atoms with Crippen molar-refractivity contribution in [1.29, 1.82) is 0 Å². The first kappa shape index (κ1) is 13.6. The molecule has 2 amide bonds. The molecular formula is C12H21NO2S. The molecule has 0 aromatic carbocycles. The van der Waals surface area contributed by atoms with E-state index in [1.807, 2.05) is 13.8 Å². The third kappa shape index (κ3) is 2.78. The van der Waals surface area contributed by atoms with E-state index >= 15 is 0 Å². The standard InChI is InChI=1S/C12H21NO2S/c1-7(2)9(5)16-10-6-11(14)13(8(3)4)12(10)15/h7-10H,6H2,1-5H3/t9-,10?/m1/s1. The van der Waals surface area contributed by atoms with Crippen molar-refractivity contribution in [3.63, 3.8) is 0 Å². The second-order valence-electron chi connectivity index (χ2n) is 4.97. The lowest BCUT2D eigenvalue weighted by Crippen LogP contribution is -2.37. The summed E-state index contributed by atoms with van der Waals surface area (Å²) in [4.78, 5) is 25.1. The third-order valence-corrected chi connectivity index (χ3v) is 4.65.